The summed E-state index contributed by atoms with van der Waals surface area (Å²) in [5, 5.41) is 9.73. The van der Waals surface area contributed by atoms with E-state index in [0.717, 1.165) is 59.3 Å². The molecule has 0 spiro atoms. The summed E-state index contributed by atoms with van der Waals surface area (Å²) in [5.74, 6) is -12.7. The summed E-state index contributed by atoms with van der Waals surface area (Å²) in [6.07, 6.45) is 0.175. The van der Waals surface area contributed by atoms with Crippen molar-refractivity contribution in [3.63, 3.8) is 0 Å². The van der Waals surface area contributed by atoms with Crippen molar-refractivity contribution in [2.24, 2.45) is 0 Å². The van der Waals surface area contributed by atoms with E-state index in [4.69, 9.17) is 4.74 Å². The second-order valence-corrected chi connectivity index (χ2v) is 14.9. The summed E-state index contributed by atoms with van der Waals surface area (Å²) in [7, 11) is 0. The lowest BCUT2D eigenvalue weighted by Gasteiger charge is -2.29. The lowest BCUT2D eigenvalue weighted by Crippen LogP contribution is -2.38. The number of carbonyl (C=O) groups is 2. The fourth-order valence-corrected chi connectivity index (χ4v) is 7.21. The SMILES string of the molecule is O=C(O)c1ccc(N(Cc2cc(C3CC3)cc(C3CC3)c2)C(=O)CN(Cc2ccccc2C(F)(F)F)Sc2c(F)c(F)c(F)c(F)c2F)c(OC2CC2)c1. The van der Waals surface area contributed by atoms with Crippen LogP contribution in [0.3, 0.4) is 0 Å². The summed E-state index contributed by atoms with van der Waals surface area (Å²) in [4.78, 5) is 26.4. The highest BCUT2D eigenvalue weighted by molar-refractivity contribution is 7.97. The number of amides is 1. The maximum atomic E-state index is 15.0. The van der Waals surface area contributed by atoms with E-state index in [2.05, 4.69) is 6.07 Å². The highest BCUT2D eigenvalue weighted by Gasteiger charge is 2.36. The molecule has 0 aromatic heterocycles. The minimum atomic E-state index is -4.89. The molecule has 4 aromatic rings. The van der Waals surface area contributed by atoms with Gasteiger partial charge in [-0.05, 0) is 109 Å². The molecule has 0 unspecified atom stereocenters. The number of carboxylic acids is 1. The van der Waals surface area contributed by atoms with E-state index in [9.17, 15) is 41.0 Å². The normalized spacial score (nSPS) is 15.8. The van der Waals surface area contributed by atoms with Gasteiger partial charge in [-0.1, -0.05) is 36.4 Å². The van der Waals surface area contributed by atoms with Crippen LogP contribution >= 0.6 is 11.9 Å². The van der Waals surface area contributed by atoms with Gasteiger partial charge in [0.05, 0.1) is 36.0 Å². The molecule has 1 N–H and O–H groups in total. The Morgan fingerprint density at radius 3 is 1.91 bits per heavy atom. The molecule has 3 aliphatic rings. The van der Waals surface area contributed by atoms with Gasteiger partial charge in [0.1, 0.15) is 10.6 Å². The molecular weight excluding hydrogens is 744 g/mol. The zero-order chi connectivity index (χ0) is 38.5. The highest BCUT2D eigenvalue weighted by Crippen LogP contribution is 2.46. The summed E-state index contributed by atoms with van der Waals surface area (Å²) in [6, 6.07) is 14.2. The smallest absolute Gasteiger partial charge is 0.416 e. The fraction of sp³-hybridized carbons (Fsp3) is 0.333. The number of benzene rings is 4. The number of nitrogens with zero attached hydrogens (tertiary/aromatic N) is 2. The van der Waals surface area contributed by atoms with Crippen LogP contribution in [0.4, 0.5) is 40.8 Å². The van der Waals surface area contributed by atoms with Crippen LogP contribution in [0.15, 0.2) is 65.6 Å². The third-order valence-electron chi connectivity index (χ3n) is 9.46. The van der Waals surface area contributed by atoms with Gasteiger partial charge in [0, 0.05) is 6.54 Å². The highest BCUT2D eigenvalue weighted by atomic mass is 32.2. The fourth-order valence-electron chi connectivity index (χ4n) is 6.24. The van der Waals surface area contributed by atoms with Crippen molar-refractivity contribution in [3.05, 3.63) is 123 Å². The van der Waals surface area contributed by atoms with Gasteiger partial charge < -0.3 is 14.7 Å². The Hall–Kier alpha value is -4.63. The molecule has 284 valence electrons. The van der Waals surface area contributed by atoms with Gasteiger partial charge in [0.2, 0.25) is 11.7 Å². The largest absolute Gasteiger partial charge is 0.488 e. The van der Waals surface area contributed by atoms with Crippen LogP contribution < -0.4 is 9.64 Å². The van der Waals surface area contributed by atoms with Crippen molar-refractivity contribution in [1.82, 2.24) is 4.31 Å². The minimum absolute atomic E-state index is 0.0490. The number of halogens is 8. The van der Waals surface area contributed by atoms with E-state index in [1.165, 1.54) is 29.2 Å². The summed E-state index contributed by atoms with van der Waals surface area (Å²) in [5.41, 5.74) is 1.30. The quantitative estimate of drug-likeness (QED) is 0.0595. The lowest BCUT2D eigenvalue weighted by molar-refractivity contribution is -0.138. The predicted octanol–water partition coefficient (Wildman–Crippen LogP) is 10.1. The Morgan fingerprint density at radius 2 is 1.35 bits per heavy atom. The van der Waals surface area contributed by atoms with E-state index in [0.29, 0.717) is 30.2 Å². The van der Waals surface area contributed by atoms with Crippen molar-refractivity contribution in [2.75, 3.05) is 11.4 Å². The Kier molecular flexibility index (Phi) is 10.4. The van der Waals surface area contributed by atoms with Gasteiger partial charge in [-0.3, -0.25) is 4.79 Å². The molecular formula is C39H32F8N2O4S. The minimum Gasteiger partial charge on any atom is -0.488 e. The number of ether oxygens (including phenoxy) is 1. The first-order valence-corrected chi connectivity index (χ1v) is 18.0. The molecule has 0 heterocycles. The molecule has 3 saturated carbocycles. The van der Waals surface area contributed by atoms with Crippen LogP contribution in [0.1, 0.15) is 88.5 Å². The first-order chi connectivity index (χ1) is 25.7. The van der Waals surface area contributed by atoms with Crippen molar-refractivity contribution in [1.29, 1.82) is 0 Å². The first-order valence-electron chi connectivity index (χ1n) is 17.3. The number of aromatic carboxylic acids is 1. The molecule has 0 aliphatic heterocycles. The molecule has 3 fully saturated rings. The van der Waals surface area contributed by atoms with Crippen molar-refractivity contribution >= 4 is 29.5 Å². The first kappa shape index (κ1) is 37.7. The van der Waals surface area contributed by atoms with Crippen molar-refractivity contribution < 1.29 is 54.6 Å². The molecule has 0 bridgehead atoms. The van der Waals surface area contributed by atoms with Crippen LogP contribution in [-0.2, 0) is 24.1 Å². The summed E-state index contributed by atoms with van der Waals surface area (Å²) >= 11 is -0.0863. The molecule has 6 nitrogen and oxygen atoms in total. The van der Waals surface area contributed by atoms with Gasteiger partial charge in [0.25, 0.3) is 0 Å². The number of carboxylic acid groups (broad SMARTS) is 1. The molecule has 15 heteroatoms. The average molecular weight is 777 g/mol. The van der Waals surface area contributed by atoms with Crippen molar-refractivity contribution in [2.45, 2.75) is 80.6 Å². The van der Waals surface area contributed by atoms with E-state index in [1.807, 2.05) is 12.1 Å². The molecule has 0 atom stereocenters. The molecule has 54 heavy (non-hydrogen) atoms. The molecule has 7 rings (SSSR count). The molecule has 1 amide bonds. The van der Waals surface area contributed by atoms with E-state index in [1.54, 1.807) is 0 Å². The zero-order valence-electron chi connectivity index (χ0n) is 28.4. The Labute approximate surface area is 308 Å². The maximum Gasteiger partial charge on any atom is 0.416 e. The predicted molar refractivity (Wildman–Crippen MR) is 183 cm³/mol. The third kappa shape index (κ3) is 8.36. The number of alkyl halides is 3. The number of anilines is 1. The number of carbonyl (C=O) groups excluding carboxylic acids is 1. The summed E-state index contributed by atoms with van der Waals surface area (Å²) in [6.45, 7) is -1.82. The number of hydrogen-bond acceptors (Lipinski definition) is 5. The molecule has 4 aromatic carbocycles. The average Bonchev–Trinajstić information content (AvgIpc) is 3.97. The zero-order valence-corrected chi connectivity index (χ0v) is 29.2. The van der Waals surface area contributed by atoms with Crippen LogP contribution in [0.2, 0.25) is 0 Å². The standard InChI is InChI=1S/C39H32F8N2O4S/c40-32-33(41)35(43)37(36(44)34(32)42)54-48(18-24-3-1-2-4-28(24)39(45,46)47)19-31(50)49(29-12-9-23(38(51)52)16-30(29)53-27-10-11-27)17-20-13-25(21-5-6-21)15-26(14-20)22-7-8-22/h1-4,9,12-16,21-22,27H,5-8,10-11,17-19H2,(H,51,52). The molecule has 3 aliphatic carbocycles. The van der Waals surface area contributed by atoms with Crippen LogP contribution in [-0.4, -0.2) is 33.9 Å². The lowest BCUT2D eigenvalue weighted by atomic mass is 9.99. The topological polar surface area (TPSA) is 70.1 Å². The van der Waals surface area contributed by atoms with Gasteiger partial charge in [-0.15, -0.1) is 0 Å². The third-order valence-corrected chi connectivity index (χ3v) is 10.5. The summed E-state index contributed by atoms with van der Waals surface area (Å²) < 4.78 is 122. The Morgan fingerprint density at radius 1 is 0.759 bits per heavy atom. The second kappa shape index (κ2) is 14.9. The second-order valence-electron chi connectivity index (χ2n) is 13.8. The molecule has 0 radical (unpaired) electrons. The Bertz CT molecular complexity index is 2060. The number of rotatable bonds is 14. The van der Waals surface area contributed by atoms with Gasteiger partial charge in [0.15, 0.2) is 23.3 Å². The Balaban J connectivity index is 1.31. The van der Waals surface area contributed by atoms with E-state index in [-0.39, 0.29) is 41.6 Å². The van der Waals surface area contributed by atoms with E-state index >= 15 is 8.78 Å². The van der Waals surface area contributed by atoms with Crippen LogP contribution in [0, 0.1) is 29.1 Å². The monoisotopic (exact) mass is 776 g/mol. The van der Waals surface area contributed by atoms with Gasteiger partial charge in [-0.2, -0.15) is 13.2 Å². The van der Waals surface area contributed by atoms with E-state index < -0.39 is 76.3 Å². The van der Waals surface area contributed by atoms with Crippen LogP contribution in [0.5, 0.6) is 5.75 Å². The van der Waals surface area contributed by atoms with Gasteiger partial charge in [-0.25, -0.2) is 31.1 Å². The van der Waals surface area contributed by atoms with Crippen LogP contribution in [0.25, 0.3) is 0 Å². The molecule has 0 saturated heterocycles. The van der Waals surface area contributed by atoms with Gasteiger partial charge >= 0.3 is 12.1 Å². The van der Waals surface area contributed by atoms with Crippen molar-refractivity contribution in [3.8, 4) is 5.75 Å². The maximum absolute atomic E-state index is 15.0. The number of hydrogen-bond donors (Lipinski definition) is 1.